The summed E-state index contributed by atoms with van der Waals surface area (Å²) in [6.07, 6.45) is 4.84. The number of pyridine rings is 1. The first-order valence-corrected chi connectivity index (χ1v) is 8.17. The molecular formula is C16H19N5S. The van der Waals surface area contributed by atoms with Crippen LogP contribution in [-0.4, -0.2) is 24.1 Å². The summed E-state index contributed by atoms with van der Waals surface area (Å²) in [7, 11) is 3.93. The molecule has 0 spiro atoms. The molecule has 0 amide bonds. The summed E-state index contributed by atoms with van der Waals surface area (Å²) in [5.74, 6) is 0.940. The van der Waals surface area contributed by atoms with Gasteiger partial charge in [-0.1, -0.05) is 18.3 Å². The van der Waals surface area contributed by atoms with Gasteiger partial charge >= 0.3 is 0 Å². The van der Waals surface area contributed by atoms with Crippen molar-refractivity contribution in [2.45, 2.75) is 26.2 Å². The minimum Gasteiger partial charge on any atom is -0.383 e. The molecule has 0 aliphatic heterocycles. The van der Waals surface area contributed by atoms with E-state index in [-0.39, 0.29) is 0 Å². The molecular weight excluding hydrogens is 294 g/mol. The number of nitrogen functional groups attached to an aromatic ring is 1. The SMILES string of the molecule is C[C@@H]1CCc2nc(N)c(C#N)c(-c3cnc(N(C)C)s3)c2C1. The van der Waals surface area contributed by atoms with Gasteiger partial charge in [0.2, 0.25) is 0 Å². The predicted octanol–water partition coefficient (Wildman–Crippen LogP) is 2.85. The summed E-state index contributed by atoms with van der Waals surface area (Å²) in [4.78, 5) is 11.9. The molecule has 1 aliphatic carbocycles. The Morgan fingerprint density at radius 3 is 2.86 bits per heavy atom. The van der Waals surface area contributed by atoms with Gasteiger partial charge < -0.3 is 10.6 Å². The van der Waals surface area contributed by atoms with Crippen LogP contribution in [-0.2, 0) is 12.8 Å². The molecule has 114 valence electrons. The van der Waals surface area contributed by atoms with Gasteiger partial charge in [-0.3, -0.25) is 0 Å². The molecule has 5 nitrogen and oxygen atoms in total. The van der Waals surface area contributed by atoms with Gasteiger partial charge in [0.25, 0.3) is 0 Å². The first kappa shape index (κ1) is 14.8. The first-order valence-electron chi connectivity index (χ1n) is 7.36. The summed E-state index contributed by atoms with van der Waals surface area (Å²) >= 11 is 1.59. The summed E-state index contributed by atoms with van der Waals surface area (Å²) in [6.45, 7) is 2.24. The molecule has 2 aromatic rings. The second kappa shape index (κ2) is 5.58. The quantitative estimate of drug-likeness (QED) is 0.922. The number of nitrogens with zero attached hydrogens (tertiary/aromatic N) is 4. The van der Waals surface area contributed by atoms with Crippen molar-refractivity contribution >= 4 is 22.3 Å². The van der Waals surface area contributed by atoms with Crippen molar-refractivity contribution in [3.05, 3.63) is 23.0 Å². The molecule has 6 heteroatoms. The largest absolute Gasteiger partial charge is 0.383 e. The van der Waals surface area contributed by atoms with Gasteiger partial charge in [-0.15, -0.1) is 0 Å². The average Bonchev–Trinajstić information content (AvgIpc) is 2.96. The van der Waals surface area contributed by atoms with Crippen LogP contribution in [0.5, 0.6) is 0 Å². The average molecular weight is 313 g/mol. The number of fused-ring (bicyclic) bond motifs is 1. The Balaban J connectivity index is 2.23. The van der Waals surface area contributed by atoms with E-state index in [1.165, 1.54) is 5.56 Å². The molecule has 3 rings (SSSR count). The van der Waals surface area contributed by atoms with Crippen LogP contribution in [0.25, 0.3) is 10.4 Å². The minimum atomic E-state index is 0.339. The van der Waals surface area contributed by atoms with E-state index < -0.39 is 0 Å². The maximum atomic E-state index is 9.55. The van der Waals surface area contributed by atoms with Crippen molar-refractivity contribution in [2.24, 2.45) is 5.92 Å². The van der Waals surface area contributed by atoms with E-state index in [4.69, 9.17) is 5.73 Å². The van der Waals surface area contributed by atoms with Crippen LogP contribution in [0.4, 0.5) is 10.9 Å². The Labute approximate surface area is 134 Å². The molecule has 0 radical (unpaired) electrons. The van der Waals surface area contributed by atoms with Crippen LogP contribution in [0.3, 0.4) is 0 Å². The van der Waals surface area contributed by atoms with Crippen molar-refractivity contribution in [3.8, 4) is 16.5 Å². The molecule has 0 fully saturated rings. The lowest BCUT2D eigenvalue weighted by atomic mass is 9.84. The third kappa shape index (κ3) is 2.42. The molecule has 22 heavy (non-hydrogen) atoms. The van der Waals surface area contributed by atoms with Crippen LogP contribution in [0.15, 0.2) is 6.20 Å². The highest BCUT2D eigenvalue weighted by atomic mass is 32.1. The third-order valence-corrected chi connectivity index (χ3v) is 5.26. The molecule has 0 saturated carbocycles. The summed E-state index contributed by atoms with van der Waals surface area (Å²) in [5.41, 5.74) is 9.69. The van der Waals surface area contributed by atoms with Crippen molar-refractivity contribution in [3.63, 3.8) is 0 Å². The zero-order valence-electron chi connectivity index (χ0n) is 13.1. The van der Waals surface area contributed by atoms with Gasteiger partial charge in [-0.2, -0.15) is 5.26 Å². The number of hydrogen-bond acceptors (Lipinski definition) is 6. The van der Waals surface area contributed by atoms with Crippen LogP contribution >= 0.6 is 11.3 Å². The Morgan fingerprint density at radius 2 is 2.23 bits per heavy atom. The highest BCUT2D eigenvalue weighted by Gasteiger charge is 2.25. The number of anilines is 2. The van der Waals surface area contributed by atoms with E-state index in [9.17, 15) is 5.26 Å². The van der Waals surface area contributed by atoms with Crippen LogP contribution in [0.1, 0.15) is 30.2 Å². The molecule has 2 heterocycles. The highest BCUT2D eigenvalue weighted by Crippen LogP contribution is 2.40. The number of hydrogen-bond donors (Lipinski definition) is 1. The zero-order chi connectivity index (χ0) is 15.9. The second-order valence-electron chi connectivity index (χ2n) is 6.03. The summed E-state index contributed by atoms with van der Waals surface area (Å²) < 4.78 is 0. The fourth-order valence-electron chi connectivity index (χ4n) is 2.92. The molecule has 0 saturated heterocycles. The normalized spacial score (nSPS) is 16.9. The summed E-state index contributed by atoms with van der Waals surface area (Å²) in [5, 5.41) is 10.5. The Morgan fingerprint density at radius 1 is 1.45 bits per heavy atom. The van der Waals surface area contributed by atoms with Gasteiger partial charge in [0.15, 0.2) is 5.13 Å². The van der Waals surface area contributed by atoms with Gasteiger partial charge in [0.05, 0.1) is 4.88 Å². The topological polar surface area (TPSA) is 78.8 Å². The van der Waals surface area contributed by atoms with E-state index in [1.807, 2.05) is 25.2 Å². The fourth-order valence-corrected chi connectivity index (χ4v) is 3.84. The first-order chi connectivity index (χ1) is 10.5. The molecule has 0 bridgehead atoms. The Hall–Kier alpha value is -2.13. The number of rotatable bonds is 2. The third-order valence-electron chi connectivity index (χ3n) is 4.07. The van der Waals surface area contributed by atoms with Crippen molar-refractivity contribution in [2.75, 3.05) is 24.7 Å². The van der Waals surface area contributed by atoms with Gasteiger partial charge in [0.1, 0.15) is 17.5 Å². The lowest BCUT2D eigenvalue weighted by Gasteiger charge is -2.24. The minimum absolute atomic E-state index is 0.339. The maximum Gasteiger partial charge on any atom is 0.185 e. The second-order valence-corrected chi connectivity index (χ2v) is 7.04. The fraction of sp³-hybridized carbons (Fsp3) is 0.438. The predicted molar refractivity (Wildman–Crippen MR) is 90.0 cm³/mol. The standard InChI is InChI=1S/C16H19N5S/c1-9-4-5-12-10(6-9)14(11(7-17)15(18)20-12)13-8-19-16(22-13)21(2)3/h8-9H,4-6H2,1-3H3,(H2,18,20)/t9-/m1/s1. The highest BCUT2D eigenvalue weighted by molar-refractivity contribution is 7.18. The lowest BCUT2D eigenvalue weighted by Crippen LogP contribution is -2.16. The van der Waals surface area contributed by atoms with Crippen LogP contribution in [0.2, 0.25) is 0 Å². The Bertz CT molecular complexity index is 757. The summed E-state index contributed by atoms with van der Waals surface area (Å²) in [6, 6.07) is 2.24. The smallest absolute Gasteiger partial charge is 0.185 e. The monoisotopic (exact) mass is 313 g/mol. The van der Waals surface area contributed by atoms with Crippen LogP contribution < -0.4 is 10.6 Å². The molecule has 2 aromatic heterocycles. The number of nitrogens with two attached hydrogens (primary N) is 1. The van der Waals surface area contributed by atoms with E-state index in [0.29, 0.717) is 17.3 Å². The van der Waals surface area contributed by atoms with Crippen LogP contribution in [0, 0.1) is 17.2 Å². The number of thiazole rings is 1. The van der Waals surface area contributed by atoms with Gasteiger partial charge in [-0.05, 0) is 30.7 Å². The number of aromatic nitrogens is 2. The lowest BCUT2D eigenvalue weighted by molar-refractivity contribution is 0.495. The van der Waals surface area contributed by atoms with Crippen molar-refractivity contribution in [1.82, 2.24) is 9.97 Å². The molecule has 0 aromatic carbocycles. The van der Waals surface area contributed by atoms with E-state index >= 15 is 0 Å². The number of nitriles is 1. The molecule has 0 unspecified atom stereocenters. The van der Waals surface area contributed by atoms with E-state index in [1.54, 1.807) is 11.3 Å². The molecule has 1 atom stereocenters. The number of aryl methyl sites for hydroxylation is 1. The van der Waals surface area contributed by atoms with Crippen molar-refractivity contribution in [1.29, 1.82) is 5.26 Å². The zero-order valence-corrected chi connectivity index (χ0v) is 13.9. The van der Waals surface area contributed by atoms with E-state index in [2.05, 4.69) is 23.0 Å². The van der Waals surface area contributed by atoms with Gasteiger partial charge in [-0.25, -0.2) is 9.97 Å². The van der Waals surface area contributed by atoms with Gasteiger partial charge in [0, 0.05) is 31.5 Å². The molecule has 2 N–H and O–H groups in total. The Kier molecular flexibility index (Phi) is 3.75. The van der Waals surface area contributed by atoms with Crippen molar-refractivity contribution < 1.29 is 0 Å². The maximum absolute atomic E-state index is 9.55. The van der Waals surface area contributed by atoms with E-state index in [0.717, 1.165) is 40.5 Å². The molecule has 1 aliphatic rings.